The first kappa shape index (κ1) is 16.4. The molecule has 2 heterocycles. The van der Waals surface area contributed by atoms with Crippen LogP contribution in [0.15, 0.2) is 23.4 Å². The molecule has 0 spiro atoms. The van der Waals surface area contributed by atoms with Crippen LogP contribution >= 0.6 is 11.3 Å². The Morgan fingerprint density at radius 1 is 1.14 bits per heavy atom. The Morgan fingerprint density at radius 2 is 1.90 bits per heavy atom. The lowest BCUT2D eigenvalue weighted by atomic mass is 10.1. The molecule has 118 valence electrons. The molecule has 0 aliphatic carbocycles. The van der Waals surface area contributed by atoms with Gasteiger partial charge in [0.25, 0.3) is 0 Å². The highest BCUT2D eigenvalue weighted by atomic mass is 32.1. The summed E-state index contributed by atoms with van der Waals surface area (Å²) in [5.74, 6) is 1.73. The van der Waals surface area contributed by atoms with E-state index in [1.807, 2.05) is 16.8 Å². The SMILES string of the molecule is C=CCCCCCCCCOCC1COc2cscc2O1. The number of rotatable bonds is 11. The maximum absolute atomic E-state index is 5.81. The number of allylic oxidation sites excluding steroid dienone is 1. The van der Waals surface area contributed by atoms with Gasteiger partial charge in [0.15, 0.2) is 17.6 Å². The minimum Gasteiger partial charge on any atom is -0.485 e. The zero-order valence-corrected chi connectivity index (χ0v) is 13.5. The van der Waals surface area contributed by atoms with Crippen LogP contribution < -0.4 is 9.47 Å². The standard InChI is InChI=1S/C17H26O3S/c1-2-3-4-5-6-7-8-9-10-18-11-15-12-19-16-13-21-14-17(16)20-15/h2,13-15H,1,3-12H2. The van der Waals surface area contributed by atoms with Crippen LogP contribution in [0.5, 0.6) is 11.5 Å². The molecule has 1 aromatic rings. The Hall–Kier alpha value is -1.00. The first-order valence-electron chi connectivity index (χ1n) is 7.94. The van der Waals surface area contributed by atoms with Gasteiger partial charge in [0.1, 0.15) is 6.61 Å². The van der Waals surface area contributed by atoms with E-state index in [9.17, 15) is 0 Å². The van der Waals surface area contributed by atoms with E-state index in [2.05, 4.69) is 6.58 Å². The van der Waals surface area contributed by atoms with Crippen molar-refractivity contribution in [3.63, 3.8) is 0 Å². The lowest BCUT2D eigenvalue weighted by molar-refractivity contribution is 0.00842. The van der Waals surface area contributed by atoms with Crippen molar-refractivity contribution < 1.29 is 14.2 Å². The Balaban J connectivity index is 1.41. The first-order valence-corrected chi connectivity index (χ1v) is 8.88. The molecule has 0 amide bonds. The Labute approximate surface area is 131 Å². The van der Waals surface area contributed by atoms with Crippen LogP contribution in [0.25, 0.3) is 0 Å². The monoisotopic (exact) mass is 310 g/mol. The second-order valence-electron chi connectivity index (χ2n) is 5.42. The van der Waals surface area contributed by atoms with Crippen molar-refractivity contribution in [2.75, 3.05) is 19.8 Å². The first-order chi connectivity index (χ1) is 10.4. The highest BCUT2D eigenvalue weighted by Crippen LogP contribution is 2.35. The van der Waals surface area contributed by atoms with Crippen LogP contribution in [-0.2, 0) is 4.74 Å². The van der Waals surface area contributed by atoms with Crippen LogP contribution in [-0.4, -0.2) is 25.9 Å². The summed E-state index contributed by atoms with van der Waals surface area (Å²) >= 11 is 1.61. The fourth-order valence-corrected chi connectivity index (χ4v) is 3.03. The van der Waals surface area contributed by atoms with Gasteiger partial charge < -0.3 is 14.2 Å². The topological polar surface area (TPSA) is 27.7 Å². The molecule has 1 aromatic heterocycles. The predicted octanol–water partition coefficient (Wildman–Crippen LogP) is 4.82. The Morgan fingerprint density at radius 3 is 2.76 bits per heavy atom. The molecule has 0 fully saturated rings. The maximum atomic E-state index is 5.81. The zero-order chi connectivity index (χ0) is 14.8. The average Bonchev–Trinajstić information content (AvgIpc) is 2.97. The maximum Gasteiger partial charge on any atom is 0.172 e. The number of thiophene rings is 1. The van der Waals surface area contributed by atoms with Crippen molar-refractivity contribution in [3.05, 3.63) is 23.4 Å². The molecular weight excluding hydrogens is 284 g/mol. The number of unbranched alkanes of at least 4 members (excludes halogenated alkanes) is 6. The van der Waals surface area contributed by atoms with Crippen molar-refractivity contribution in [2.45, 2.75) is 51.0 Å². The van der Waals surface area contributed by atoms with Crippen molar-refractivity contribution in [2.24, 2.45) is 0 Å². The van der Waals surface area contributed by atoms with Crippen molar-refractivity contribution >= 4 is 11.3 Å². The molecule has 3 nitrogen and oxygen atoms in total. The van der Waals surface area contributed by atoms with Crippen LogP contribution in [0.4, 0.5) is 0 Å². The van der Waals surface area contributed by atoms with Gasteiger partial charge in [0.2, 0.25) is 0 Å². The number of fused-ring (bicyclic) bond motifs is 1. The van der Waals surface area contributed by atoms with Gasteiger partial charge in [0.05, 0.1) is 6.61 Å². The lowest BCUT2D eigenvalue weighted by Gasteiger charge is -2.24. The molecule has 0 saturated heterocycles. The summed E-state index contributed by atoms with van der Waals surface area (Å²) in [6, 6.07) is 0. The minimum atomic E-state index is 0.0333. The van der Waals surface area contributed by atoms with E-state index in [1.54, 1.807) is 11.3 Å². The van der Waals surface area contributed by atoms with Crippen molar-refractivity contribution in [1.29, 1.82) is 0 Å². The van der Waals surface area contributed by atoms with E-state index in [0.29, 0.717) is 13.2 Å². The van der Waals surface area contributed by atoms with Gasteiger partial charge in [-0.1, -0.05) is 31.8 Å². The van der Waals surface area contributed by atoms with E-state index in [4.69, 9.17) is 14.2 Å². The van der Waals surface area contributed by atoms with E-state index < -0.39 is 0 Å². The Kier molecular flexibility index (Phi) is 7.68. The average molecular weight is 310 g/mol. The molecule has 0 saturated carbocycles. The predicted molar refractivity (Wildman–Crippen MR) is 87.6 cm³/mol. The quantitative estimate of drug-likeness (QED) is 0.433. The van der Waals surface area contributed by atoms with Gasteiger partial charge in [-0.2, -0.15) is 0 Å². The molecular formula is C17H26O3S. The van der Waals surface area contributed by atoms with Gasteiger partial charge in [-0.05, 0) is 19.3 Å². The molecule has 0 bridgehead atoms. The molecule has 1 aliphatic rings. The van der Waals surface area contributed by atoms with E-state index in [-0.39, 0.29) is 6.10 Å². The lowest BCUT2D eigenvalue weighted by Crippen LogP contribution is -2.33. The second-order valence-corrected chi connectivity index (χ2v) is 6.17. The number of ether oxygens (including phenoxy) is 3. The summed E-state index contributed by atoms with van der Waals surface area (Å²) in [5, 5.41) is 3.95. The third kappa shape index (κ3) is 6.10. The molecule has 4 heteroatoms. The Bertz CT molecular complexity index is 402. The van der Waals surface area contributed by atoms with E-state index >= 15 is 0 Å². The van der Waals surface area contributed by atoms with Crippen LogP contribution in [0, 0.1) is 0 Å². The molecule has 0 radical (unpaired) electrons. The number of hydrogen-bond acceptors (Lipinski definition) is 4. The molecule has 21 heavy (non-hydrogen) atoms. The summed E-state index contributed by atoms with van der Waals surface area (Å²) in [6.45, 7) is 5.77. The molecule has 1 aliphatic heterocycles. The minimum absolute atomic E-state index is 0.0333. The molecule has 0 aromatic carbocycles. The normalized spacial score (nSPS) is 16.9. The summed E-state index contributed by atoms with van der Waals surface area (Å²) in [7, 11) is 0. The highest BCUT2D eigenvalue weighted by Gasteiger charge is 2.21. The fraction of sp³-hybridized carbons (Fsp3) is 0.647. The largest absolute Gasteiger partial charge is 0.485 e. The van der Waals surface area contributed by atoms with Gasteiger partial charge in [-0.3, -0.25) is 0 Å². The van der Waals surface area contributed by atoms with Crippen molar-refractivity contribution in [3.8, 4) is 11.5 Å². The third-order valence-electron chi connectivity index (χ3n) is 3.56. The summed E-state index contributed by atoms with van der Waals surface area (Å²) in [6.07, 6.45) is 10.8. The molecule has 1 unspecified atom stereocenters. The molecule has 2 rings (SSSR count). The van der Waals surface area contributed by atoms with E-state index in [1.165, 1.54) is 32.1 Å². The zero-order valence-electron chi connectivity index (χ0n) is 12.7. The van der Waals surface area contributed by atoms with Gasteiger partial charge in [0, 0.05) is 17.4 Å². The van der Waals surface area contributed by atoms with Gasteiger partial charge >= 0.3 is 0 Å². The second kappa shape index (κ2) is 9.85. The van der Waals surface area contributed by atoms with Crippen LogP contribution in [0.1, 0.15) is 44.9 Å². The van der Waals surface area contributed by atoms with Crippen LogP contribution in [0.3, 0.4) is 0 Å². The highest BCUT2D eigenvalue weighted by molar-refractivity contribution is 7.08. The summed E-state index contributed by atoms with van der Waals surface area (Å²) in [4.78, 5) is 0. The molecule has 0 N–H and O–H groups in total. The summed E-state index contributed by atoms with van der Waals surface area (Å²) < 4.78 is 17.1. The van der Waals surface area contributed by atoms with Crippen LogP contribution in [0.2, 0.25) is 0 Å². The van der Waals surface area contributed by atoms with Gasteiger partial charge in [-0.25, -0.2) is 0 Å². The molecule has 1 atom stereocenters. The summed E-state index contributed by atoms with van der Waals surface area (Å²) in [5.41, 5.74) is 0. The van der Waals surface area contributed by atoms with E-state index in [0.717, 1.165) is 30.9 Å². The number of hydrogen-bond donors (Lipinski definition) is 0. The van der Waals surface area contributed by atoms with Gasteiger partial charge in [-0.15, -0.1) is 17.9 Å². The smallest absolute Gasteiger partial charge is 0.172 e. The fourth-order valence-electron chi connectivity index (χ4n) is 2.36. The van der Waals surface area contributed by atoms with Crippen molar-refractivity contribution in [1.82, 2.24) is 0 Å². The third-order valence-corrected chi connectivity index (χ3v) is 4.26.